The monoisotopic (exact) mass is 331 g/mol. The van der Waals surface area contributed by atoms with Crippen LogP contribution in [0.5, 0.6) is 5.75 Å². The highest BCUT2D eigenvalue weighted by Crippen LogP contribution is 2.30. The van der Waals surface area contributed by atoms with E-state index >= 15 is 0 Å². The largest absolute Gasteiger partial charge is 0.497 e. The molecule has 0 radical (unpaired) electrons. The number of rotatable bonds is 3. The summed E-state index contributed by atoms with van der Waals surface area (Å²) in [5.74, 6) is 0.917. The van der Waals surface area contributed by atoms with Crippen LogP contribution in [-0.4, -0.2) is 43.2 Å². The van der Waals surface area contributed by atoms with E-state index in [0.717, 1.165) is 31.9 Å². The number of H-pyrrole nitrogens is 1. The van der Waals surface area contributed by atoms with Gasteiger partial charge >= 0.3 is 0 Å². The van der Waals surface area contributed by atoms with Crippen molar-refractivity contribution in [2.75, 3.05) is 33.3 Å². The second-order valence-electron chi connectivity index (χ2n) is 5.12. The molecule has 0 spiro atoms. The summed E-state index contributed by atoms with van der Waals surface area (Å²) in [6, 6.07) is 6.64. The van der Waals surface area contributed by atoms with E-state index in [-0.39, 0.29) is 24.8 Å². The van der Waals surface area contributed by atoms with Crippen LogP contribution in [0.15, 0.2) is 24.4 Å². The standard InChI is InChI=1S/C15H21N3O.2ClH/c1-11(18-7-5-16-6-8-18)14-10-17-15-4-3-12(19-2)9-13(14)15;;/h3-4,9-11,16-17H,5-8H2,1-2H3;2*1H/t11-;;/m0../s1. The minimum Gasteiger partial charge on any atom is -0.497 e. The van der Waals surface area contributed by atoms with Gasteiger partial charge in [0.1, 0.15) is 5.75 Å². The van der Waals surface area contributed by atoms with Gasteiger partial charge in [-0.1, -0.05) is 0 Å². The second-order valence-corrected chi connectivity index (χ2v) is 5.12. The zero-order chi connectivity index (χ0) is 13.2. The topological polar surface area (TPSA) is 40.3 Å². The maximum Gasteiger partial charge on any atom is 0.119 e. The van der Waals surface area contributed by atoms with Gasteiger partial charge in [-0.05, 0) is 30.7 Å². The zero-order valence-corrected chi connectivity index (χ0v) is 14.0. The number of methoxy groups -OCH3 is 1. The lowest BCUT2D eigenvalue weighted by atomic mass is 10.0. The molecular weight excluding hydrogens is 309 g/mol. The average molecular weight is 332 g/mol. The number of hydrogen-bond donors (Lipinski definition) is 2. The number of benzene rings is 1. The van der Waals surface area contributed by atoms with Crippen LogP contribution in [0.25, 0.3) is 10.9 Å². The molecule has 0 amide bonds. The first-order chi connectivity index (χ1) is 9.29. The normalized spacial score (nSPS) is 16.9. The third-order valence-corrected chi connectivity index (χ3v) is 4.07. The molecule has 0 aliphatic carbocycles. The van der Waals surface area contributed by atoms with Crippen molar-refractivity contribution in [3.63, 3.8) is 0 Å². The molecule has 1 saturated heterocycles. The Bertz CT molecular complexity index is 567. The van der Waals surface area contributed by atoms with E-state index in [4.69, 9.17) is 4.74 Å². The minimum atomic E-state index is 0. The zero-order valence-electron chi connectivity index (χ0n) is 12.4. The lowest BCUT2D eigenvalue weighted by molar-refractivity contribution is 0.186. The van der Waals surface area contributed by atoms with Gasteiger partial charge in [0.15, 0.2) is 0 Å². The third kappa shape index (κ3) is 3.64. The summed E-state index contributed by atoms with van der Waals surface area (Å²) in [7, 11) is 1.72. The van der Waals surface area contributed by atoms with Gasteiger partial charge in [-0.2, -0.15) is 0 Å². The number of fused-ring (bicyclic) bond motifs is 1. The third-order valence-electron chi connectivity index (χ3n) is 4.07. The molecule has 1 aliphatic rings. The van der Waals surface area contributed by atoms with Crippen molar-refractivity contribution in [3.05, 3.63) is 30.0 Å². The van der Waals surface area contributed by atoms with Crippen molar-refractivity contribution in [1.29, 1.82) is 0 Å². The molecule has 1 fully saturated rings. The van der Waals surface area contributed by atoms with Gasteiger partial charge in [-0.25, -0.2) is 0 Å². The van der Waals surface area contributed by atoms with Crippen LogP contribution in [0.2, 0.25) is 0 Å². The van der Waals surface area contributed by atoms with Gasteiger partial charge in [-0.15, -0.1) is 24.8 Å². The Hall–Kier alpha value is -0.940. The van der Waals surface area contributed by atoms with Gasteiger partial charge in [0.2, 0.25) is 0 Å². The molecule has 1 atom stereocenters. The lowest BCUT2D eigenvalue weighted by Gasteiger charge is -2.32. The molecule has 3 rings (SSSR count). The number of aromatic nitrogens is 1. The van der Waals surface area contributed by atoms with E-state index in [9.17, 15) is 0 Å². The maximum atomic E-state index is 5.33. The molecule has 4 nitrogen and oxygen atoms in total. The molecule has 1 aromatic heterocycles. The van der Waals surface area contributed by atoms with Crippen LogP contribution in [0, 0.1) is 0 Å². The molecular formula is C15H23Cl2N3O. The Kier molecular flexibility index (Phi) is 6.81. The van der Waals surface area contributed by atoms with Gasteiger partial charge in [0.05, 0.1) is 7.11 Å². The molecule has 0 unspecified atom stereocenters. The van der Waals surface area contributed by atoms with E-state index in [1.54, 1.807) is 7.11 Å². The van der Waals surface area contributed by atoms with Gasteiger partial charge in [0, 0.05) is 49.3 Å². The van der Waals surface area contributed by atoms with Crippen LogP contribution >= 0.6 is 24.8 Å². The minimum absolute atomic E-state index is 0. The predicted molar refractivity (Wildman–Crippen MR) is 92.2 cm³/mol. The highest BCUT2D eigenvalue weighted by Gasteiger charge is 2.20. The first kappa shape index (κ1) is 18.1. The summed E-state index contributed by atoms with van der Waals surface area (Å²) in [5.41, 5.74) is 2.54. The van der Waals surface area contributed by atoms with Crippen molar-refractivity contribution in [1.82, 2.24) is 15.2 Å². The second kappa shape index (κ2) is 7.90. The van der Waals surface area contributed by atoms with Gasteiger partial charge in [-0.3, -0.25) is 4.90 Å². The van der Waals surface area contributed by atoms with Crippen molar-refractivity contribution >= 4 is 35.7 Å². The SMILES string of the molecule is COc1ccc2[nH]cc([C@H](C)N3CCNCC3)c2c1.Cl.Cl. The van der Waals surface area contributed by atoms with E-state index < -0.39 is 0 Å². The fraction of sp³-hybridized carbons (Fsp3) is 0.467. The summed E-state index contributed by atoms with van der Waals surface area (Å²) in [6.45, 7) is 6.66. The molecule has 1 aliphatic heterocycles. The number of piperazine rings is 1. The van der Waals surface area contributed by atoms with Gasteiger partial charge < -0.3 is 15.0 Å². The Morgan fingerprint density at radius 2 is 1.90 bits per heavy atom. The van der Waals surface area contributed by atoms with E-state index in [0.29, 0.717) is 6.04 Å². The fourth-order valence-electron chi connectivity index (χ4n) is 2.86. The fourth-order valence-corrected chi connectivity index (χ4v) is 2.86. The first-order valence-electron chi connectivity index (χ1n) is 6.89. The van der Waals surface area contributed by atoms with Crippen molar-refractivity contribution in [2.24, 2.45) is 0 Å². The highest BCUT2D eigenvalue weighted by atomic mass is 35.5. The summed E-state index contributed by atoms with van der Waals surface area (Å²) < 4.78 is 5.33. The number of ether oxygens (including phenoxy) is 1. The Balaban J connectivity index is 0.00000110. The molecule has 0 bridgehead atoms. The summed E-state index contributed by atoms with van der Waals surface area (Å²) in [5, 5.41) is 4.67. The first-order valence-corrected chi connectivity index (χ1v) is 6.89. The van der Waals surface area contributed by atoms with Crippen LogP contribution in [0.4, 0.5) is 0 Å². The molecule has 2 aromatic rings. The quantitative estimate of drug-likeness (QED) is 0.908. The molecule has 21 heavy (non-hydrogen) atoms. The summed E-state index contributed by atoms with van der Waals surface area (Å²) in [4.78, 5) is 5.89. The van der Waals surface area contributed by atoms with Gasteiger partial charge in [0.25, 0.3) is 0 Å². The number of nitrogens with zero attached hydrogens (tertiary/aromatic N) is 1. The van der Waals surface area contributed by atoms with E-state index in [2.05, 4.69) is 40.5 Å². The molecule has 0 saturated carbocycles. The number of hydrogen-bond acceptors (Lipinski definition) is 3. The average Bonchev–Trinajstić information content (AvgIpc) is 2.90. The smallest absolute Gasteiger partial charge is 0.119 e. The highest BCUT2D eigenvalue weighted by molar-refractivity contribution is 5.86. The van der Waals surface area contributed by atoms with Crippen LogP contribution in [0.1, 0.15) is 18.5 Å². The lowest BCUT2D eigenvalue weighted by Crippen LogP contribution is -2.44. The molecule has 2 N–H and O–H groups in total. The number of halogens is 2. The Labute approximate surface area is 138 Å². The summed E-state index contributed by atoms with van der Waals surface area (Å²) >= 11 is 0. The Morgan fingerprint density at radius 3 is 2.57 bits per heavy atom. The van der Waals surface area contributed by atoms with Crippen molar-refractivity contribution < 1.29 is 4.74 Å². The van der Waals surface area contributed by atoms with E-state index in [1.807, 2.05) is 6.07 Å². The molecule has 118 valence electrons. The van der Waals surface area contributed by atoms with Crippen LogP contribution < -0.4 is 10.1 Å². The van der Waals surface area contributed by atoms with Crippen molar-refractivity contribution in [3.8, 4) is 5.75 Å². The molecule has 1 aromatic carbocycles. The predicted octanol–water partition coefficient (Wildman–Crippen LogP) is 2.99. The molecule has 6 heteroatoms. The molecule has 2 heterocycles. The van der Waals surface area contributed by atoms with Crippen LogP contribution in [-0.2, 0) is 0 Å². The van der Waals surface area contributed by atoms with E-state index in [1.165, 1.54) is 16.5 Å². The number of nitrogens with one attached hydrogen (secondary N) is 2. The van der Waals surface area contributed by atoms with Crippen molar-refractivity contribution in [2.45, 2.75) is 13.0 Å². The van der Waals surface area contributed by atoms with Crippen LogP contribution in [0.3, 0.4) is 0 Å². The number of aromatic amines is 1. The summed E-state index contributed by atoms with van der Waals surface area (Å²) in [6.07, 6.45) is 2.14. The Morgan fingerprint density at radius 1 is 1.19 bits per heavy atom. The maximum absolute atomic E-state index is 5.33.